The van der Waals surface area contributed by atoms with Crippen molar-refractivity contribution in [2.45, 2.75) is 6.54 Å². The molecule has 1 amide bonds. The SMILES string of the molecule is COc1ccc(OCC(=O)NCCn2nc(-c3ccccc3)n(C)c2=O)cc1. The third-order valence-corrected chi connectivity index (χ3v) is 4.15. The average molecular weight is 382 g/mol. The van der Waals surface area contributed by atoms with Crippen molar-refractivity contribution < 1.29 is 14.3 Å². The lowest BCUT2D eigenvalue weighted by Crippen LogP contribution is -2.34. The number of aromatic nitrogens is 3. The molecule has 3 aromatic rings. The molecule has 28 heavy (non-hydrogen) atoms. The Kier molecular flexibility index (Phi) is 6.11. The molecule has 146 valence electrons. The van der Waals surface area contributed by atoms with Crippen LogP contribution in [-0.2, 0) is 18.4 Å². The van der Waals surface area contributed by atoms with E-state index in [2.05, 4.69) is 10.4 Å². The number of nitrogens with zero attached hydrogens (tertiary/aromatic N) is 3. The van der Waals surface area contributed by atoms with E-state index in [1.807, 2.05) is 30.3 Å². The molecule has 1 heterocycles. The van der Waals surface area contributed by atoms with E-state index >= 15 is 0 Å². The number of methoxy groups -OCH3 is 1. The van der Waals surface area contributed by atoms with Crippen LogP contribution in [0.15, 0.2) is 59.4 Å². The highest BCUT2D eigenvalue weighted by molar-refractivity contribution is 5.77. The van der Waals surface area contributed by atoms with Crippen molar-refractivity contribution in [1.29, 1.82) is 0 Å². The Hall–Kier alpha value is -3.55. The van der Waals surface area contributed by atoms with Crippen molar-refractivity contribution in [2.75, 3.05) is 20.3 Å². The van der Waals surface area contributed by atoms with E-state index < -0.39 is 0 Å². The first-order chi connectivity index (χ1) is 13.6. The van der Waals surface area contributed by atoms with Crippen molar-refractivity contribution in [1.82, 2.24) is 19.7 Å². The van der Waals surface area contributed by atoms with Gasteiger partial charge in [-0.3, -0.25) is 9.36 Å². The van der Waals surface area contributed by atoms with E-state index in [1.54, 1.807) is 38.4 Å². The smallest absolute Gasteiger partial charge is 0.345 e. The zero-order valence-corrected chi connectivity index (χ0v) is 15.8. The van der Waals surface area contributed by atoms with E-state index in [0.29, 0.717) is 17.3 Å². The van der Waals surface area contributed by atoms with Gasteiger partial charge in [-0.15, -0.1) is 5.10 Å². The van der Waals surface area contributed by atoms with E-state index in [9.17, 15) is 9.59 Å². The molecule has 3 rings (SSSR count). The van der Waals surface area contributed by atoms with Crippen LogP contribution in [0.5, 0.6) is 11.5 Å². The molecule has 0 saturated heterocycles. The molecular formula is C20H22N4O4. The van der Waals surface area contributed by atoms with Crippen molar-refractivity contribution in [2.24, 2.45) is 7.05 Å². The molecule has 0 atom stereocenters. The summed E-state index contributed by atoms with van der Waals surface area (Å²) in [7, 11) is 3.26. The zero-order valence-electron chi connectivity index (χ0n) is 15.8. The standard InChI is InChI=1S/C20H22N4O4/c1-23-19(15-6-4-3-5-7-15)22-24(20(23)26)13-12-21-18(25)14-28-17-10-8-16(27-2)9-11-17/h3-11H,12-14H2,1-2H3,(H,21,25). The zero-order chi connectivity index (χ0) is 19.9. The van der Waals surface area contributed by atoms with Crippen molar-refractivity contribution in [3.05, 3.63) is 65.1 Å². The molecule has 8 heteroatoms. The van der Waals surface area contributed by atoms with Crippen LogP contribution in [0.1, 0.15) is 0 Å². The van der Waals surface area contributed by atoms with Crippen LogP contribution in [0.2, 0.25) is 0 Å². The number of benzene rings is 2. The monoisotopic (exact) mass is 382 g/mol. The minimum absolute atomic E-state index is 0.112. The van der Waals surface area contributed by atoms with E-state index in [4.69, 9.17) is 9.47 Å². The topological polar surface area (TPSA) is 87.4 Å². The number of hydrogen-bond donors (Lipinski definition) is 1. The molecule has 0 aliphatic rings. The molecule has 0 fully saturated rings. The van der Waals surface area contributed by atoms with Crippen LogP contribution in [0.25, 0.3) is 11.4 Å². The maximum Gasteiger partial charge on any atom is 0.345 e. The van der Waals surface area contributed by atoms with Crippen molar-refractivity contribution in [3.8, 4) is 22.9 Å². The molecule has 0 saturated carbocycles. The lowest BCUT2D eigenvalue weighted by atomic mass is 10.2. The van der Waals surface area contributed by atoms with Gasteiger partial charge in [0.1, 0.15) is 11.5 Å². The highest BCUT2D eigenvalue weighted by atomic mass is 16.5. The summed E-state index contributed by atoms with van der Waals surface area (Å²) in [6.45, 7) is 0.433. The normalized spacial score (nSPS) is 10.5. The molecule has 2 aromatic carbocycles. The van der Waals surface area contributed by atoms with Gasteiger partial charge < -0.3 is 14.8 Å². The fourth-order valence-electron chi connectivity index (χ4n) is 2.65. The van der Waals surface area contributed by atoms with Crippen LogP contribution >= 0.6 is 0 Å². The van der Waals surface area contributed by atoms with Gasteiger partial charge in [0.25, 0.3) is 5.91 Å². The van der Waals surface area contributed by atoms with Gasteiger partial charge in [-0.2, -0.15) is 0 Å². The van der Waals surface area contributed by atoms with Crippen LogP contribution in [-0.4, -0.2) is 40.5 Å². The fraction of sp³-hybridized carbons (Fsp3) is 0.250. The summed E-state index contributed by atoms with van der Waals surface area (Å²) in [5, 5.41) is 7.08. The molecule has 0 spiro atoms. The van der Waals surface area contributed by atoms with Crippen molar-refractivity contribution >= 4 is 5.91 Å². The third-order valence-electron chi connectivity index (χ3n) is 4.15. The quantitative estimate of drug-likeness (QED) is 0.637. The van der Waals surface area contributed by atoms with Crippen LogP contribution in [0.3, 0.4) is 0 Å². The molecule has 0 aliphatic heterocycles. The Labute approximate surface area is 162 Å². The Morgan fingerprint density at radius 2 is 1.75 bits per heavy atom. The first-order valence-corrected chi connectivity index (χ1v) is 8.81. The maximum absolute atomic E-state index is 12.3. The predicted octanol–water partition coefficient (Wildman–Crippen LogP) is 1.45. The highest BCUT2D eigenvalue weighted by Crippen LogP contribution is 2.16. The van der Waals surface area contributed by atoms with Crippen molar-refractivity contribution in [3.63, 3.8) is 0 Å². The minimum Gasteiger partial charge on any atom is -0.497 e. The largest absolute Gasteiger partial charge is 0.497 e. The summed E-state index contributed by atoms with van der Waals surface area (Å²) >= 11 is 0. The predicted molar refractivity (Wildman–Crippen MR) is 104 cm³/mol. The third kappa shape index (κ3) is 4.59. The van der Waals surface area contributed by atoms with Crippen LogP contribution in [0.4, 0.5) is 0 Å². The second-order valence-corrected chi connectivity index (χ2v) is 6.07. The number of rotatable bonds is 8. The van der Waals surface area contributed by atoms with E-state index in [-0.39, 0.29) is 31.3 Å². The van der Waals surface area contributed by atoms with Gasteiger partial charge in [0.2, 0.25) is 0 Å². The number of amides is 1. The lowest BCUT2D eigenvalue weighted by Gasteiger charge is -2.08. The molecule has 0 bridgehead atoms. The minimum atomic E-state index is -0.275. The Balaban J connectivity index is 1.50. The van der Waals surface area contributed by atoms with Gasteiger partial charge in [-0.1, -0.05) is 30.3 Å². The van der Waals surface area contributed by atoms with Gasteiger partial charge >= 0.3 is 5.69 Å². The number of carbonyl (C=O) groups excluding carboxylic acids is 1. The van der Waals surface area contributed by atoms with Gasteiger partial charge in [0.15, 0.2) is 12.4 Å². The molecule has 8 nitrogen and oxygen atoms in total. The summed E-state index contributed by atoms with van der Waals surface area (Å²) in [5.41, 5.74) is 0.625. The molecule has 1 aromatic heterocycles. The van der Waals surface area contributed by atoms with Gasteiger partial charge in [0.05, 0.1) is 13.7 Å². The summed E-state index contributed by atoms with van der Waals surface area (Å²) < 4.78 is 13.3. The number of carbonyl (C=O) groups is 1. The fourth-order valence-corrected chi connectivity index (χ4v) is 2.65. The Morgan fingerprint density at radius 1 is 1.07 bits per heavy atom. The highest BCUT2D eigenvalue weighted by Gasteiger charge is 2.12. The number of ether oxygens (including phenoxy) is 2. The Bertz CT molecular complexity index is 978. The number of hydrogen-bond acceptors (Lipinski definition) is 5. The van der Waals surface area contributed by atoms with E-state index in [0.717, 1.165) is 5.56 Å². The van der Waals surface area contributed by atoms with Crippen LogP contribution in [0, 0.1) is 0 Å². The van der Waals surface area contributed by atoms with Crippen LogP contribution < -0.4 is 20.5 Å². The second-order valence-electron chi connectivity index (χ2n) is 6.07. The summed E-state index contributed by atoms with van der Waals surface area (Å²) in [4.78, 5) is 24.3. The maximum atomic E-state index is 12.3. The lowest BCUT2D eigenvalue weighted by molar-refractivity contribution is -0.123. The molecule has 0 radical (unpaired) electrons. The first-order valence-electron chi connectivity index (χ1n) is 8.81. The molecule has 1 N–H and O–H groups in total. The van der Waals surface area contributed by atoms with Gasteiger partial charge in [-0.25, -0.2) is 9.48 Å². The molecule has 0 aliphatic carbocycles. The molecular weight excluding hydrogens is 360 g/mol. The van der Waals surface area contributed by atoms with E-state index in [1.165, 1.54) is 9.25 Å². The first kappa shape index (κ1) is 19.2. The van der Waals surface area contributed by atoms with Gasteiger partial charge in [-0.05, 0) is 24.3 Å². The van der Waals surface area contributed by atoms with Gasteiger partial charge in [0, 0.05) is 19.2 Å². The Morgan fingerprint density at radius 3 is 2.43 bits per heavy atom. The molecule has 0 unspecified atom stereocenters. The summed E-state index contributed by atoms with van der Waals surface area (Å²) in [6.07, 6.45) is 0. The average Bonchev–Trinajstić information content (AvgIpc) is 3.02. The second kappa shape index (κ2) is 8.90. The summed E-state index contributed by atoms with van der Waals surface area (Å²) in [5.74, 6) is 1.60. The summed E-state index contributed by atoms with van der Waals surface area (Å²) in [6, 6.07) is 16.4. The number of nitrogens with one attached hydrogen (secondary N) is 1.